The molecule has 1 aliphatic heterocycles. The van der Waals surface area contributed by atoms with Gasteiger partial charge in [0.15, 0.2) is 9.84 Å². The summed E-state index contributed by atoms with van der Waals surface area (Å²) in [6.45, 7) is 0.425. The van der Waals surface area contributed by atoms with Crippen molar-refractivity contribution in [3.63, 3.8) is 0 Å². The van der Waals surface area contributed by atoms with Crippen molar-refractivity contribution >= 4 is 21.6 Å². The maximum absolute atomic E-state index is 12.8. The van der Waals surface area contributed by atoms with Crippen molar-refractivity contribution in [2.75, 3.05) is 23.9 Å². The van der Waals surface area contributed by atoms with Crippen molar-refractivity contribution in [2.24, 2.45) is 5.92 Å². The number of aromatic nitrogens is 2. The van der Waals surface area contributed by atoms with E-state index in [-0.39, 0.29) is 23.2 Å². The van der Waals surface area contributed by atoms with Crippen molar-refractivity contribution in [1.29, 1.82) is 0 Å². The standard InChI is InChI=1S/C15H17FN2O4S2/c16-12-1-3-13(4-2-12)21-6-7-23-15-18-17-14(22-15)9-11-5-8-24(19,20)10-11/h1-4,11H,5-10H2. The third kappa shape index (κ3) is 4.94. The smallest absolute Gasteiger partial charge is 0.276 e. The molecule has 0 spiro atoms. The predicted molar refractivity (Wildman–Crippen MR) is 87.4 cm³/mol. The van der Waals surface area contributed by atoms with Crippen LogP contribution in [-0.2, 0) is 16.3 Å². The number of sulfone groups is 1. The van der Waals surface area contributed by atoms with Crippen LogP contribution in [0, 0.1) is 11.7 Å². The van der Waals surface area contributed by atoms with E-state index < -0.39 is 9.84 Å². The number of halogens is 1. The molecule has 0 saturated carbocycles. The summed E-state index contributed by atoms with van der Waals surface area (Å²) in [6, 6.07) is 5.83. The van der Waals surface area contributed by atoms with E-state index in [1.807, 2.05) is 0 Å². The van der Waals surface area contributed by atoms with E-state index in [0.717, 1.165) is 0 Å². The van der Waals surface area contributed by atoms with Crippen LogP contribution in [-0.4, -0.2) is 42.5 Å². The Hall–Kier alpha value is -1.61. The second-order valence-electron chi connectivity index (χ2n) is 5.59. The van der Waals surface area contributed by atoms with Crippen LogP contribution in [0.3, 0.4) is 0 Å². The minimum absolute atomic E-state index is 0.0649. The van der Waals surface area contributed by atoms with Crippen LogP contribution in [0.5, 0.6) is 5.75 Å². The lowest BCUT2D eigenvalue weighted by molar-refractivity contribution is 0.342. The van der Waals surface area contributed by atoms with E-state index in [1.54, 1.807) is 12.1 Å². The SMILES string of the molecule is O=S1(=O)CCC(Cc2nnc(SCCOc3ccc(F)cc3)o2)C1. The van der Waals surface area contributed by atoms with Gasteiger partial charge in [-0.05, 0) is 36.6 Å². The van der Waals surface area contributed by atoms with Crippen molar-refractivity contribution in [3.8, 4) is 5.75 Å². The number of hydrogen-bond donors (Lipinski definition) is 0. The first kappa shape index (κ1) is 17.2. The number of thioether (sulfide) groups is 1. The fraction of sp³-hybridized carbons (Fsp3) is 0.467. The Morgan fingerprint density at radius 3 is 2.79 bits per heavy atom. The predicted octanol–water partition coefficient (Wildman–Crippen LogP) is 2.36. The van der Waals surface area contributed by atoms with Gasteiger partial charge in [-0.25, -0.2) is 12.8 Å². The van der Waals surface area contributed by atoms with Crippen LogP contribution >= 0.6 is 11.8 Å². The Morgan fingerprint density at radius 1 is 1.29 bits per heavy atom. The van der Waals surface area contributed by atoms with Crippen LogP contribution in [0.4, 0.5) is 4.39 Å². The first-order chi connectivity index (χ1) is 11.5. The zero-order valence-electron chi connectivity index (χ0n) is 12.9. The van der Waals surface area contributed by atoms with E-state index in [1.165, 1.54) is 23.9 Å². The molecule has 1 aromatic carbocycles. The van der Waals surface area contributed by atoms with Gasteiger partial charge in [-0.1, -0.05) is 11.8 Å². The highest BCUT2D eigenvalue weighted by Crippen LogP contribution is 2.24. The molecule has 0 amide bonds. The van der Waals surface area contributed by atoms with E-state index >= 15 is 0 Å². The first-order valence-corrected chi connectivity index (χ1v) is 10.3. The van der Waals surface area contributed by atoms with Gasteiger partial charge < -0.3 is 9.15 Å². The highest BCUT2D eigenvalue weighted by Gasteiger charge is 2.29. The van der Waals surface area contributed by atoms with Crippen LogP contribution in [0.2, 0.25) is 0 Å². The summed E-state index contributed by atoms with van der Waals surface area (Å²) in [5.74, 6) is 1.89. The van der Waals surface area contributed by atoms with Crippen molar-refractivity contribution in [1.82, 2.24) is 10.2 Å². The average molecular weight is 372 g/mol. The Labute approximate surface area is 143 Å². The summed E-state index contributed by atoms with van der Waals surface area (Å²) >= 11 is 1.36. The lowest BCUT2D eigenvalue weighted by atomic mass is 10.1. The molecule has 1 aliphatic rings. The zero-order chi connectivity index (χ0) is 17.0. The Kier molecular flexibility index (Phi) is 5.40. The summed E-state index contributed by atoms with van der Waals surface area (Å²) in [6.07, 6.45) is 1.15. The topological polar surface area (TPSA) is 82.3 Å². The molecular formula is C15H17FN2O4S2. The summed E-state index contributed by atoms with van der Waals surface area (Å²) in [5, 5.41) is 8.34. The highest BCUT2D eigenvalue weighted by molar-refractivity contribution is 7.99. The third-order valence-corrected chi connectivity index (χ3v) is 6.25. The van der Waals surface area contributed by atoms with Crippen LogP contribution in [0.1, 0.15) is 12.3 Å². The summed E-state index contributed by atoms with van der Waals surface area (Å²) < 4.78 is 46.6. The first-order valence-electron chi connectivity index (χ1n) is 7.54. The molecule has 1 saturated heterocycles. The van der Waals surface area contributed by atoms with Gasteiger partial charge in [0.25, 0.3) is 5.22 Å². The van der Waals surface area contributed by atoms with Crippen molar-refractivity contribution in [3.05, 3.63) is 36.0 Å². The molecule has 130 valence electrons. The molecule has 0 radical (unpaired) electrons. The molecule has 2 heterocycles. The fourth-order valence-corrected chi connectivity index (χ4v) is 4.94. The van der Waals surface area contributed by atoms with Gasteiger partial charge in [0, 0.05) is 12.2 Å². The largest absolute Gasteiger partial charge is 0.493 e. The summed E-state index contributed by atoms with van der Waals surface area (Å²) in [4.78, 5) is 0. The van der Waals surface area contributed by atoms with Gasteiger partial charge in [-0.2, -0.15) is 0 Å². The zero-order valence-corrected chi connectivity index (χ0v) is 14.5. The number of hydrogen-bond acceptors (Lipinski definition) is 7. The lowest BCUT2D eigenvalue weighted by Crippen LogP contribution is -2.07. The molecule has 9 heteroatoms. The van der Waals surface area contributed by atoms with E-state index in [2.05, 4.69) is 10.2 Å². The average Bonchev–Trinajstić information content (AvgIpc) is 3.12. The number of benzene rings is 1. The monoisotopic (exact) mass is 372 g/mol. The molecule has 2 aromatic rings. The van der Waals surface area contributed by atoms with Crippen molar-refractivity contribution in [2.45, 2.75) is 18.1 Å². The van der Waals surface area contributed by atoms with E-state index in [0.29, 0.717) is 42.1 Å². The normalized spacial score (nSPS) is 19.5. The number of rotatable bonds is 7. The third-order valence-electron chi connectivity index (χ3n) is 3.63. The van der Waals surface area contributed by atoms with Crippen LogP contribution in [0.15, 0.2) is 33.9 Å². The van der Waals surface area contributed by atoms with Gasteiger partial charge in [0.1, 0.15) is 11.6 Å². The fourth-order valence-electron chi connectivity index (χ4n) is 2.48. The van der Waals surface area contributed by atoms with Gasteiger partial charge in [-0.15, -0.1) is 10.2 Å². The molecule has 1 atom stereocenters. The van der Waals surface area contributed by atoms with Crippen LogP contribution in [0.25, 0.3) is 0 Å². The minimum atomic E-state index is -2.89. The second-order valence-corrected chi connectivity index (χ2v) is 8.86. The molecule has 6 nitrogen and oxygen atoms in total. The molecule has 24 heavy (non-hydrogen) atoms. The Balaban J connectivity index is 1.40. The Morgan fingerprint density at radius 2 is 2.08 bits per heavy atom. The van der Waals surface area contributed by atoms with Gasteiger partial charge in [0.2, 0.25) is 5.89 Å². The Bertz CT molecular complexity index is 777. The molecule has 1 fully saturated rings. The van der Waals surface area contributed by atoms with Crippen molar-refractivity contribution < 1.29 is 22.0 Å². The lowest BCUT2D eigenvalue weighted by Gasteiger charge is -2.04. The molecule has 3 rings (SSSR count). The quantitative estimate of drug-likeness (QED) is 0.545. The summed E-state index contributed by atoms with van der Waals surface area (Å²) in [7, 11) is -2.89. The molecule has 1 unspecified atom stereocenters. The van der Waals surface area contributed by atoms with Gasteiger partial charge >= 0.3 is 0 Å². The van der Waals surface area contributed by atoms with E-state index in [4.69, 9.17) is 9.15 Å². The minimum Gasteiger partial charge on any atom is -0.493 e. The summed E-state index contributed by atoms with van der Waals surface area (Å²) in [5.41, 5.74) is 0. The molecule has 0 N–H and O–H groups in total. The maximum Gasteiger partial charge on any atom is 0.276 e. The number of nitrogens with zero attached hydrogens (tertiary/aromatic N) is 2. The molecular weight excluding hydrogens is 355 g/mol. The molecule has 0 bridgehead atoms. The van der Waals surface area contributed by atoms with Crippen LogP contribution < -0.4 is 4.74 Å². The maximum atomic E-state index is 12.8. The van der Waals surface area contributed by atoms with Gasteiger partial charge in [0.05, 0.1) is 18.1 Å². The second kappa shape index (κ2) is 7.52. The highest BCUT2D eigenvalue weighted by atomic mass is 32.2. The molecule has 0 aliphatic carbocycles. The van der Waals surface area contributed by atoms with Gasteiger partial charge in [-0.3, -0.25) is 0 Å². The number of ether oxygens (including phenoxy) is 1. The molecule has 1 aromatic heterocycles. The van der Waals surface area contributed by atoms with E-state index in [9.17, 15) is 12.8 Å².